The highest BCUT2D eigenvalue weighted by atomic mass is 32.2. The van der Waals surface area contributed by atoms with Crippen LogP contribution in [0.3, 0.4) is 0 Å². The van der Waals surface area contributed by atoms with Crippen LogP contribution >= 0.6 is 0 Å². The molecule has 1 heterocycles. The predicted molar refractivity (Wildman–Crippen MR) is 93.5 cm³/mol. The van der Waals surface area contributed by atoms with Gasteiger partial charge in [0, 0.05) is 6.04 Å². The third kappa shape index (κ3) is 3.79. The average molecular weight is 372 g/mol. The highest BCUT2D eigenvalue weighted by Crippen LogP contribution is 2.19. The number of aromatic nitrogens is 3. The van der Waals surface area contributed by atoms with Crippen LogP contribution in [0.1, 0.15) is 28.9 Å². The SMILES string of the molecule is CC(NS(=O)(=O)c1cccc(C(=O)O)c1)c1ccc(-n2cncn2)cc1. The zero-order valence-electron chi connectivity index (χ0n) is 13.8. The lowest BCUT2D eigenvalue weighted by molar-refractivity contribution is 0.0696. The summed E-state index contributed by atoms with van der Waals surface area (Å²) in [5, 5.41) is 13.0. The van der Waals surface area contributed by atoms with Crippen LogP contribution in [0.4, 0.5) is 0 Å². The lowest BCUT2D eigenvalue weighted by Crippen LogP contribution is -2.27. The van der Waals surface area contributed by atoms with Gasteiger partial charge in [0.1, 0.15) is 12.7 Å². The fourth-order valence-corrected chi connectivity index (χ4v) is 3.70. The van der Waals surface area contributed by atoms with Crippen molar-refractivity contribution in [1.29, 1.82) is 0 Å². The Balaban J connectivity index is 1.79. The minimum absolute atomic E-state index is 0.0855. The smallest absolute Gasteiger partial charge is 0.335 e. The Bertz CT molecular complexity index is 1020. The molecular weight excluding hydrogens is 356 g/mol. The number of nitrogens with zero attached hydrogens (tertiary/aromatic N) is 3. The Morgan fingerprint density at radius 3 is 2.54 bits per heavy atom. The summed E-state index contributed by atoms with van der Waals surface area (Å²) >= 11 is 0. The maximum atomic E-state index is 12.5. The highest BCUT2D eigenvalue weighted by molar-refractivity contribution is 7.89. The van der Waals surface area contributed by atoms with E-state index in [0.29, 0.717) is 0 Å². The van der Waals surface area contributed by atoms with E-state index < -0.39 is 22.0 Å². The number of carbonyl (C=O) groups is 1. The lowest BCUT2D eigenvalue weighted by Gasteiger charge is -2.15. The molecule has 0 saturated heterocycles. The van der Waals surface area contributed by atoms with Crippen LogP contribution < -0.4 is 4.72 Å². The molecule has 0 aliphatic carbocycles. The Hall–Kier alpha value is -3.04. The van der Waals surface area contributed by atoms with E-state index in [1.165, 1.54) is 24.5 Å². The van der Waals surface area contributed by atoms with Gasteiger partial charge in [-0.3, -0.25) is 0 Å². The van der Waals surface area contributed by atoms with Crippen LogP contribution in [0.5, 0.6) is 0 Å². The first-order valence-electron chi connectivity index (χ1n) is 7.67. The average Bonchev–Trinajstić information content (AvgIpc) is 3.16. The normalized spacial score (nSPS) is 12.7. The summed E-state index contributed by atoms with van der Waals surface area (Å²) in [7, 11) is -3.86. The van der Waals surface area contributed by atoms with Crippen molar-refractivity contribution >= 4 is 16.0 Å². The summed E-state index contributed by atoms with van der Waals surface area (Å²) in [5.74, 6) is -1.18. The van der Waals surface area contributed by atoms with Crippen LogP contribution in [0, 0.1) is 0 Å². The van der Waals surface area contributed by atoms with Crippen LogP contribution in [0.2, 0.25) is 0 Å². The van der Waals surface area contributed by atoms with E-state index in [1.807, 2.05) is 0 Å². The van der Waals surface area contributed by atoms with E-state index in [4.69, 9.17) is 5.11 Å². The fourth-order valence-electron chi connectivity index (χ4n) is 2.42. The van der Waals surface area contributed by atoms with Crippen molar-refractivity contribution in [2.24, 2.45) is 0 Å². The molecule has 1 unspecified atom stereocenters. The number of carboxylic acid groups (broad SMARTS) is 1. The lowest BCUT2D eigenvalue weighted by atomic mass is 10.1. The molecule has 8 nitrogen and oxygen atoms in total. The highest BCUT2D eigenvalue weighted by Gasteiger charge is 2.19. The van der Waals surface area contributed by atoms with Crippen molar-refractivity contribution in [2.45, 2.75) is 17.9 Å². The predicted octanol–water partition coefficient (Wildman–Crippen LogP) is 2.00. The van der Waals surface area contributed by atoms with Gasteiger partial charge >= 0.3 is 5.97 Å². The Kier molecular flexibility index (Phi) is 4.83. The van der Waals surface area contributed by atoms with Crippen molar-refractivity contribution in [1.82, 2.24) is 19.5 Å². The molecule has 0 spiro atoms. The Morgan fingerprint density at radius 1 is 1.19 bits per heavy atom. The molecule has 0 fully saturated rings. The van der Waals surface area contributed by atoms with Crippen LogP contribution in [0.15, 0.2) is 66.1 Å². The van der Waals surface area contributed by atoms with Gasteiger partial charge in [-0.2, -0.15) is 5.10 Å². The number of carboxylic acids is 1. The fraction of sp³-hybridized carbons (Fsp3) is 0.118. The van der Waals surface area contributed by atoms with Gasteiger partial charge in [-0.15, -0.1) is 0 Å². The standard InChI is InChI=1S/C17H16N4O4S/c1-12(13-5-7-15(8-6-13)21-11-18-10-19-21)20-26(24,25)16-4-2-3-14(9-16)17(22)23/h2-12,20H,1H3,(H,22,23). The van der Waals surface area contributed by atoms with Crippen molar-refractivity contribution in [3.63, 3.8) is 0 Å². The molecule has 2 N–H and O–H groups in total. The van der Waals surface area contributed by atoms with E-state index >= 15 is 0 Å². The second-order valence-corrected chi connectivity index (χ2v) is 7.32. The number of benzene rings is 2. The zero-order chi connectivity index (χ0) is 18.7. The number of hydrogen-bond acceptors (Lipinski definition) is 5. The molecule has 1 aromatic heterocycles. The molecule has 0 bridgehead atoms. The van der Waals surface area contributed by atoms with Crippen LogP contribution in [0.25, 0.3) is 5.69 Å². The topological polar surface area (TPSA) is 114 Å². The first-order chi connectivity index (χ1) is 12.4. The molecule has 0 aliphatic heterocycles. The Morgan fingerprint density at radius 2 is 1.92 bits per heavy atom. The minimum Gasteiger partial charge on any atom is -0.478 e. The van der Waals surface area contributed by atoms with Crippen molar-refractivity contribution < 1.29 is 18.3 Å². The van der Waals surface area contributed by atoms with Gasteiger partial charge < -0.3 is 5.11 Å². The summed E-state index contributed by atoms with van der Waals surface area (Å²) < 4.78 is 29.2. The number of hydrogen-bond donors (Lipinski definition) is 2. The molecule has 3 aromatic rings. The molecule has 0 saturated carbocycles. The van der Waals surface area contributed by atoms with E-state index in [1.54, 1.807) is 42.2 Å². The zero-order valence-corrected chi connectivity index (χ0v) is 14.6. The quantitative estimate of drug-likeness (QED) is 0.684. The van der Waals surface area contributed by atoms with Crippen molar-refractivity contribution in [3.8, 4) is 5.69 Å². The number of nitrogens with one attached hydrogen (secondary N) is 1. The largest absolute Gasteiger partial charge is 0.478 e. The third-order valence-electron chi connectivity index (χ3n) is 3.80. The van der Waals surface area contributed by atoms with E-state index in [9.17, 15) is 13.2 Å². The molecule has 26 heavy (non-hydrogen) atoms. The van der Waals surface area contributed by atoms with Crippen LogP contribution in [-0.4, -0.2) is 34.3 Å². The van der Waals surface area contributed by atoms with E-state index in [0.717, 1.165) is 17.3 Å². The second kappa shape index (κ2) is 7.06. The van der Waals surface area contributed by atoms with Crippen molar-refractivity contribution in [3.05, 3.63) is 72.3 Å². The summed E-state index contributed by atoms with van der Waals surface area (Å²) in [4.78, 5) is 14.8. The van der Waals surface area contributed by atoms with Crippen LogP contribution in [-0.2, 0) is 10.0 Å². The van der Waals surface area contributed by atoms with Gasteiger partial charge in [0.15, 0.2) is 0 Å². The number of sulfonamides is 1. The molecule has 1 atom stereocenters. The Labute approximate surface area is 150 Å². The summed E-state index contributed by atoms with van der Waals surface area (Å²) in [6, 6.07) is 11.9. The first-order valence-corrected chi connectivity index (χ1v) is 9.16. The van der Waals surface area contributed by atoms with Gasteiger partial charge in [0.25, 0.3) is 0 Å². The van der Waals surface area contributed by atoms with E-state index in [-0.39, 0.29) is 10.5 Å². The van der Waals surface area contributed by atoms with Gasteiger partial charge in [-0.1, -0.05) is 18.2 Å². The first kappa shape index (κ1) is 17.8. The van der Waals surface area contributed by atoms with Crippen molar-refractivity contribution in [2.75, 3.05) is 0 Å². The van der Waals surface area contributed by atoms with Gasteiger partial charge in [0.05, 0.1) is 16.1 Å². The summed E-state index contributed by atoms with van der Waals surface area (Å²) in [6.45, 7) is 1.71. The minimum atomic E-state index is -3.86. The molecule has 134 valence electrons. The monoisotopic (exact) mass is 372 g/mol. The second-order valence-electron chi connectivity index (χ2n) is 5.61. The number of aromatic carboxylic acids is 1. The molecule has 0 amide bonds. The maximum Gasteiger partial charge on any atom is 0.335 e. The molecule has 3 rings (SSSR count). The molecule has 0 radical (unpaired) electrons. The molecule has 0 aliphatic rings. The summed E-state index contributed by atoms with van der Waals surface area (Å²) in [6.07, 6.45) is 2.99. The van der Waals surface area contributed by atoms with Gasteiger partial charge in [-0.25, -0.2) is 27.6 Å². The molecule has 9 heteroatoms. The molecule has 2 aromatic carbocycles. The summed E-state index contributed by atoms with van der Waals surface area (Å²) in [5.41, 5.74) is 1.47. The van der Waals surface area contributed by atoms with Gasteiger partial charge in [0.2, 0.25) is 10.0 Å². The van der Waals surface area contributed by atoms with Gasteiger partial charge in [-0.05, 0) is 42.8 Å². The number of rotatable bonds is 6. The maximum absolute atomic E-state index is 12.5. The molecular formula is C17H16N4O4S. The third-order valence-corrected chi connectivity index (χ3v) is 5.34. The van der Waals surface area contributed by atoms with E-state index in [2.05, 4.69) is 14.8 Å².